The van der Waals surface area contributed by atoms with Crippen LogP contribution in [0.25, 0.3) is 10.1 Å². The van der Waals surface area contributed by atoms with Gasteiger partial charge in [0.05, 0.1) is 10.4 Å². The van der Waals surface area contributed by atoms with Gasteiger partial charge in [-0.3, -0.25) is 0 Å². The van der Waals surface area contributed by atoms with E-state index >= 15 is 0 Å². The highest BCUT2D eigenvalue weighted by Crippen LogP contribution is 2.49. The van der Waals surface area contributed by atoms with Crippen molar-refractivity contribution in [3.05, 3.63) is 126 Å². The summed E-state index contributed by atoms with van der Waals surface area (Å²) in [6.07, 6.45) is 4.44. The smallest absolute Gasteiger partial charge is 0.202 e. The fourth-order valence-corrected chi connectivity index (χ4v) is 8.96. The summed E-state index contributed by atoms with van der Waals surface area (Å²) < 4.78 is 1.35. The van der Waals surface area contributed by atoms with Crippen molar-refractivity contribution in [2.24, 2.45) is 5.92 Å². The molecule has 2 aliphatic heterocycles. The van der Waals surface area contributed by atoms with Gasteiger partial charge in [0.25, 0.3) is 0 Å². The van der Waals surface area contributed by atoms with Crippen LogP contribution in [0.15, 0.2) is 126 Å². The van der Waals surface area contributed by atoms with Gasteiger partial charge in [0.1, 0.15) is 0 Å². The molecule has 1 aromatic heterocycles. The van der Waals surface area contributed by atoms with Crippen molar-refractivity contribution < 1.29 is 0 Å². The number of allylic oxidation sites excluding steroid dienone is 2. The van der Waals surface area contributed by atoms with Crippen LogP contribution in [-0.4, -0.2) is 12.7 Å². The predicted octanol–water partition coefficient (Wildman–Crippen LogP) is 8.77. The van der Waals surface area contributed by atoms with Gasteiger partial charge in [0, 0.05) is 38.3 Å². The molecule has 2 atom stereocenters. The maximum atomic E-state index is 2.61. The average Bonchev–Trinajstić information content (AvgIpc) is 3.50. The molecular formula is C35H31BN2S2. The van der Waals surface area contributed by atoms with Crippen LogP contribution >= 0.6 is 23.1 Å². The molecule has 4 aromatic carbocycles. The lowest BCUT2D eigenvalue weighted by atomic mass is 9.60. The van der Waals surface area contributed by atoms with Gasteiger partial charge in [0.15, 0.2) is 0 Å². The second-order valence-electron chi connectivity index (χ2n) is 10.6. The highest BCUT2D eigenvalue weighted by atomic mass is 32.2. The number of thioether (sulfide) groups is 1. The SMILES string of the molecule is C/C=C\C1=C(C)C(C)C(N(c2ccccc2)c2cccc3c2Bc2c(sc4ccccc24)N3c2ccccc2)S1. The minimum Gasteiger partial charge on any atom is -0.328 e. The Balaban J connectivity index is 1.45. The number of hydrogen-bond donors (Lipinski definition) is 0. The number of hydrogen-bond acceptors (Lipinski definition) is 4. The number of anilines is 5. The van der Waals surface area contributed by atoms with Crippen LogP contribution in [0.5, 0.6) is 0 Å². The van der Waals surface area contributed by atoms with Crippen molar-refractivity contribution >= 4 is 79.1 Å². The fourth-order valence-electron chi connectivity index (χ4n) is 6.11. The summed E-state index contributed by atoms with van der Waals surface area (Å²) in [6.45, 7) is 6.80. The van der Waals surface area contributed by atoms with Crippen molar-refractivity contribution in [3.63, 3.8) is 0 Å². The van der Waals surface area contributed by atoms with Gasteiger partial charge in [-0.2, -0.15) is 0 Å². The zero-order valence-electron chi connectivity index (χ0n) is 23.0. The van der Waals surface area contributed by atoms with Gasteiger partial charge >= 0.3 is 0 Å². The van der Waals surface area contributed by atoms with E-state index in [2.05, 4.69) is 146 Å². The van der Waals surface area contributed by atoms with Crippen molar-refractivity contribution in [2.75, 3.05) is 9.80 Å². The van der Waals surface area contributed by atoms with E-state index in [9.17, 15) is 0 Å². The summed E-state index contributed by atoms with van der Waals surface area (Å²) in [4.78, 5) is 6.49. The van der Waals surface area contributed by atoms with E-state index < -0.39 is 0 Å². The molecule has 2 unspecified atom stereocenters. The Bertz CT molecular complexity index is 1760. The van der Waals surface area contributed by atoms with Crippen molar-refractivity contribution in [2.45, 2.75) is 26.1 Å². The van der Waals surface area contributed by atoms with E-state index in [1.165, 1.54) is 59.2 Å². The topological polar surface area (TPSA) is 6.48 Å². The molecule has 0 N–H and O–H groups in total. The summed E-state index contributed by atoms with van der Waals surface area (Å²) in [5.74, 6) is 0.415. The zero-order chi connectivity index (χ0) is 27.2. The van der Waals surface area contributed by atoms with Crippen LogP contribution in [0.1, 0.15) is 20.8 Å². The van der Waals surface area contributed by atoms with Crippen molar-refractivity contribution in [1.82, 2.24) is 0 Å². The lowest BCUT2D eigenvalue weighted by Gasteiger charge is -2.39. The average molecular weight is 555 g/mol. The largest absolute Gasteiger partial charge is 0.328 e. The molecule has 0 fully saturated rings. The van der Waals surface area contributed by atoms with E-state index in [1.807, 2.05) is 23.1 Å². The molecule has 40 heavy (non-hydrogen) atoms. The number of nitrogens with zero attached hydrogens (tertiary/aromatic N) is 2. The molecule has 0 saturated carbocycles. The first-order valence-electron chi connectivity index (χ1n) is 14.0. The highest BCUT2D eigenvalue weighted by molar-refractivity contribution is 8.04. The molecule has 0 amide bonds. The van der Waals surface area contributed by atoms with Gasteiger partial charge in [-0.15, -0.1) is 23.1 Å². The summed E-state index contributed by atoms with van der Waals surface area (Å²) in [5, 5.41) is 2.97. The van der Waals surface area contributed by atoms with Crippen molar-refractivity contribution in [3.8, 4) is 0 Å². The summed E-state index contributed by atoms with van der Waals surface area (Å²) in [5.41, 5.74) is 9.29. The molecule has 0 bridgehead atoms. The molecule has 7 rings (SSSR count). The van der Waals surface area contributed by atoms with Gasteiger partial charge < -0.3 is 9.80 Å². The summed E-state index contributed by atoms with van der Waals surface area (Å²) >= 11 is 3.90. The minimum absolute atomic E-state index is 0.269. The Hall–Kier alpha value is -3.67. The third-order valence-electron chi connectivity index (χ3n) is 8.23. The third-order valence-corrected chi connectivity index (χ3v) is 11.0. The highest BCUT2D eigenvalue weighted by Gasteiger charge is 2.38. The van der Waals surface area contributed by atoms with Crippen LogP contribution in [0.3, 0.4) is 0 Å². The van der Waals surface area contributed by atoms with E-state index in [0.29, 0.717) is 5.92 Å². The third kappa shape index (κ3) is 4.11. The Morgan fingerprint density at radius 3 is 2.33 bits per heavy atom. The molecule has 5 aromatic rings. The van der Waals surface area contributed by atoms with Crippen LogP contribution in [0.2, 0.25) is 0 Å². The molecule has 5 heteroatoms. The second kappa shape index (κ2) is 10.4. The minimum atomic E-state index is 0.269. The first-order chi connectivity index (χ1) is 19.7. The molecule has 0 radical (unpaired) electrons. The van der Waals surface area contributed by atoms with E-state index in [0.717, 1.165) is 7.28 Å². The Morgan fingerprint density at radius 2 is 1.55 bits per heavy atom. The first kappa shape index (κ1) is 25.3. The standard InChI is InChI=1S/C35H31BN2S2/c1-4-14-30-23(2)24(3)34(39-30)37(25-15-7-5-8-16-25)28-20-13-21-29-33(28)36-32-27-19-11-12-22-31(27)40-35(32)38(29)26-17-9-6-10-18-26/h4-22,24,34,36H,1-3H3/b14-4-. The molecule has 0 spiro atoms. The lowest BCUT2D eigenvalue weighted by Crippen LogP contribution is -2.43. The maximum absolute atomic E-state index is 2.61. The number of benzene rings is 4. The number of rotatable bonds is 5. The molecular weight excluding hydrogens is 523 g/mol. The molecule has 0 aliphatic carbocycles. The van der Waals surface area contributed by atoms with Crippen LogP contribution < -0.4 is 20.7 Å². The Morgan fingerprint density at radius 1 is 0.825 bits per heavy atom. The van der Waals surface area contributed by atoms with E-state index in [1.54, 1.807) is 0 Å². The van der Waals surface area contributed by atoms with Gasteiger partial charge in [-0.05, 0) is 72.6 Å². The Kier molecular flexibility index (Phi) is 6.57. The summed E-state index contributed by atoms with van der Waals surface area (Å²) in [7, 11) is 0.914. The second-order valence-corrected chi connectivity index (χ2v) is 12.7. The van der Waals surface area contributed by atoms with Crippen LogP contribution in [0.4, 0.5) is 27.8 Å². The van der Waals surface area contributed by atoms with Crippen molar-refractivity contribution in [1.29, 1.82) is 0 Å². The molecule has 0 saturated heterocycles. The van der Waals surface area contributed by atoms with E-state index in [-0.39, 0.29) is 5.37 Å². The van der Waals surface area contributed by atoms with Crippen LogP contribution in [-0.2, 0) is 0 Å². The molecule has 2 aliphatic rings. The number of para-hydroxylation sites is 2. The molecule has 3 heterocycles. The van der Waals surface area contributed by atoms with Gasteiger partial charge in [-0.25, -0.2) is 0 Å². The first-order valence-corrected chi connectivity index (χ1v) is 15.7. The molecule has 196 valence electrons. The normalized spacial score (nSPS) is 18.2. The molecule has 2 nitrogen and oxygen atoms in total. The lowest BCUT2D eigenvalue weighted by molar-refractivity contribution is 0.652. The maximum Gasteiger partial charge on any atom is 0.202 e. The number of thiophene rings is 1. The number of fused-ring (bicyclic) bond motifs is 4. The monoisotopic (exact) mass is 554 g/mol. The van der Waals surface area contributed by atoms with Crippen LogP contribution in [0, 0.1) is 5.92 Å². The van der Waals surface area contributed by atoms with Gasteiger partial charge in [-0.1, -0.05) is 85.3 Å². The quantitative estimate of drug-likeness (QED) is 0.197. The predicted molar refractivity (Wildman–Crippen MR) is 180 cm³/mol. The van der Waals surface area contributed by atoms with E-state index in [4.69, 9.17) is 0 Å². The van der Waals surface area contributed by atoms with Gasteiger partial charge in [0.2, 0.25) is 7.28 Å². The Labute approximate surface area is 245 Å². The zero-order valence-corrected chi connectivity index (χ0v) is 24.7. The fraction of sp³-hybridized carbons (Fsp3) is 0.143. The summed E-state index contributed by atoms with van der Waals surface area (Å²) in [6, 6.07) is 37.6.